The molecule has 0 aromatic carbocycles. The van der Waals surface area contributed by atoms with Gasteiger partial charge in [-0.2, -0.15) is 0 Å². The highest BCUT2D eigenvalue weighted by Gasteiger charge is 2.27. The predicted molar refractivity (Wildman–Crippen MR) is 114 cm³/mol. The van der Waals surface area contributed by atoms with Crippen LogP contribution in [0.5, 0.6) is 0 Å². The Labute approximate surface area is 174 Å². The zero-order valence-electron chi connectivity index (χ0n) is 16.2. The van der Waals surface area contributed by atoms with Gasteiger partial charge in [-0.05, 0) is 39.2 Å². The first-order chi connectivity index (χ1) is 12.2. The van der Waals surface area contributed by atoms with Crippen molar-refractivity contribution in [2.24, 2.45) is 10.9 Å². The van der Waals surface area contributed by atoms with Gasteiger partial charge < -0.3 is 19.7 Å². The van der Waals surface area contributed by atoms with Crippen LogP contribution in [-0.4, -0.2) is 87.9 Å². The van der Waals surface area contributed by atoms with Crippen molar-refractivity contribution in [2.45, 2.75) is 32.6 Å². The Morgan fingerprint density at radius 3 is 2.50 bits per heavy atom. The van der Waals surface area contributed by atoms with E-state index in [1.54, 1.807) is 0 Å². The van der Waals surface area contributed by atoms with E-state index in [1.807, 2.05) is 14.0 Å². The van der Waals surface area contributed by atoms with E-state index in [2.05, 4.69) is 20.1 Å². The van der Waals surface area contributed by atoms with Crippen molar-refractivity contribution in [2.75, 3.05) is 66.1 Å². The standard InChI is InChI=1S/C18H34N4O3.HI/c1-3-25-17(23)16-6-10-22(11-7-16)18(19-2)20-8-4-5-9-21-12-14-24-15-13-21;/h16H,3-15H2,1-2H3,(H,19,20);1H. The molecule has 2 rings (SSSR count). The quantitative estimate of drug-likeness (QED) is 0.196. The summed E-state index contributed by atoms with van der Waals surface area (Å²) in [6.45, 7) is 9.98. The van der Waals surface area contributed by atoms with Crippen LogP contribution >= 0.6 is 24.0 Å². The van der Waals surface area contributed by atoms with Crippen molar-refractivity contribution in [3.63, 3.8) is 0 Å². The average molecular weight is 482 g/mol. The highest BCUT2D eigenvalue weighted by molar-refractivity contribution is 14.0. The van der Waals surface area contributed by atoms with Gasteiger partial charge in [-0.3, -0.25) is 14.7 Å². The minimum atomic E-state index is -0.0480. The number of aliphatic imine (C=N–C) groups is 1. The summed E-state index contributed by atoms with van der Waals surface area (Å²) >= 11 is 0. The zero-order valence-corrected chi connectivity index (χ0v) is 18.6. The molecule has 0 aliphatic carbocycles. The zero-order chi connectivity index (χ0) is 17.9. The van der Waals surface area contributed by atoms with Crippen molar-refractivity contribution in [3.05, 3.63) is 0 Å². The molecule has 7 nitrogen and oxygen atoms in total. The first kappa shape index (κ1) is 23.4. The van der Waals surface area contributed by atoms with Gasteiger partial charge in [-0.15, -0.1) is 24.0 Å². The Hall–Kier alpha value is -0.610. The van der Waals surface area contributed by atoms with E-state index in [0.29, 0.717) is 6.61 Å². The molecule has 1 N–H and O–H groups in total. The van der Waals surface area contributed by atoms with Crippen molar-refractivity contribution in [1.29, 1.82) is 0 Å². The summed E-state index contributed by atoms with van der Waals surface area (Å²) < 4.78 is 10.5. The number of piperidine rings is 1. The van der Waals surface area contributed by atoms with E-state index < -0.39 is 0 Å². The second-order valence-corrected chi connectivity index (χ2v) is 6.65. The van der Waals surface area contributed by atoms with Gasteiger partial charge in [0.15, 0.2) is 5.96 Å². The molecule has 0 aromatic rings. The Balaban J connectivity index is 0.00000338. The molecular weight excluding hydrogens is 447 g/mol. The fourth-order valence-electron chi connectivity index (χ4n) is 3.40. The second-order valence-electron chi connectivity index (χ2n) is 6.65. The highest BCUT2D eigenvalue weighted by atomic mass is 127. The number of morpholine rings is 1. The van der Waals surface area contributed by atoms with Crippen LogP contribution < -0.4 is 5.32 Å². The Morgan fingerprint density at radius 1 is 1.19 bits per heavy atom. The third-order valence-electron chi connectivity index (χ3n) is 4.91. The van der Waals surface area contributed by atoms with Crippen LogP contribution in [0.15, 0.2) is 4.99 Å². The number of carbonyl (C=O) groups is 1. The number of hydrogen-bond acceptors (Lipinski definition) is 5. The largest absolute Gasteiger partial charge is 0.466 e. The maximum Gasteiger partial charge on any atom is 0.309 e. The third-order valence-corrected chi connectivity index (χ3v) is 4.91. The molecule has 0 unspecified atom stereocenters. The number of halogens is 1. The summed E-state index contributed by atoms with van der Waals surface area (Å²) in [7, 11) is 1.83. The van der Waals surface area contributed by atoms with Gasteiger partial charge in [0.2, 0.25) is 0 Å². The normalized spacial score (nSPS) is 19.8. The molecule has 2 aliphatic rings. The van der Waals surface area contributed by atoms with E-state index in [4.69, 9.17) is 9.47 Å². The molecule has 8 heteroatoms. The SMILES string of the molecule is CCOC(=O)C1CCN(C(=NC)NCCCCN2CCOCC2)CC1.I. The van der Waals surface area contributed by atoms with Crippen molar-refractivity contribution >= 4 is 35.9 Å². The van der Waals surface area contributed by atoms with Crippen molar-refractivity contribution < 1.29 is 14.3 Å². The molecular formula is C18H35IN4O3. The monoisotopic (exact) mass is 482 g/mol. The number of carbonyl (C=O) groups excluding carboxylic acids is 1. The van der Waals surface area contributed by atoms with Crippen LogP contribution in [0.25, 0.3) is 0 Å². The summed E-state index contributed by atoms with van der Waals surface area (Å²) in [6.07, 6.45) is 4.01. The summed E-state index contributed by atoms with van der Waals surface area (Å²) in [5.74, 6) is 0.949. The predicted octanol–water partition coefficient (Wildman–Crippen LogP) is 1.57. The molecule has 2 aliphatic heterocycles. The van der Waals surface area contributed by atoms with Crippen LogP contribution in [0.4, 0.5) is 0 Å². The summed E-state index contributed by atoms with van der Waals surface area (Å²) in [5.41, 5.74) is 0. The molecule has 26 heavy (non-hydrogen) atoms. The number of nitrogens with one attached hydrogen (secondary N) is 1. The summed E-state index contributed by atoms with van der Waals surface area (Å²) in [5, 5.41) is 3.46. The van der Waals surface area contributed by atoms with Gasteiger partial charge in [0.05, 0.1) is 25.7 Å². The number of likely N-dealkylation sites (tertiary alicyclic amines) is 1. The Kier molecular flexibility index (Phi) is 12.2. The topological polar surface area (TPSA) is 66.4 Å². The smallest absolute Gasteiger partial charge is 0.309 e. The summed E-state index contributed by atoms with van der Waals surface area (Å²) in [4.78, 5) is 20.9. The number of nitrogens with zero attached hydrogens (tertiary/aromatic N) is 3. The van der Waals surface area contributed by atoms with Gasteiger partial charge in [0, 0.05) is 39.8 Å². The molecule has 2 heterocycles. The molecule has 2 fully saturated rings. The molecule has 0 atom stereocenters. The second kappa shape index (κ2) is 13.5. The molecule has 0 bridgehead atoms. The van der Waals surface area contributed by atoms with E-state index >= 15 is 0 Å². The van der Waals surface area contributed by atoms with Gasteiger partial charge >= 0.3 is 5.97 Å². The molecule has 2 saturated heterocycles. The molecule has 0 radical (unpaired) electrons. The lowest BCUT2D eigenvalue weighted by molar-refractivity contribution is -0.149. The van der Waals surface area contributed by atoms with Crippen LogP contribution in [-0.2, 0) is 14.3 Å². The maximum absolute atomic E-state index is 11.8. The van der Waals surface area contributed by atoms with E-state index in [1.165, 1.54) is 6.42 Å². The van der Waals surface area contributed by atoms with Gasteiger partial charge in [-0.1, -0.05) is 0 Å². The van der Waals surface area contributed by atoms with Gasteiger partial charge in [0.25, 0.3) is 0 Å². The maximum atomic E-state index is 11.8. The minimum Gasteiger partial charge on any atom is -0.466 e. The van der Waals surface area contributed by atoms with Gasteiger partial charge in [-0.25, -0.2) is 0 Å². The number of esters is 1. The lowest BCUT2D eigenvalue weighted by Gasteiger charge is -2.33. The fraction of sp³-hybridized carbons (Fsp3) is 0.889. The first-order valence-corrected chi connectivity index (χ1v) is 9.67. The number of guanidine groups is 1. The van der Waals surface area contributed by atoms with Crippen LogP contribution in [0.1, 0.15) is 32.6 Å². The highest BCUT2D eigenvalue weighted by Crippen LogP contribution is 2.18. The third kappa shape index (κ3) is 7.96. The van der Waals surface area contributed by atoms with Crippen molar-refractivity contribution in [1.82, 2.24) is 15.1 Å². The molecule has 152 valence electrons. The van der Waals surface area contributed by atoms with E-state index in [-0.39, 0.29) is 35.9 Å². The lowest BCUT2D eigenvalue weighted by atomic mass is 9.97. The van der Waals surface area contributed by atoms with Crippen LogP contribution in [0.2, 0.25) is 0 Å². The number of unbranched alkanes of at least 4 members (excludes halogenated alkanes) is 1. The Morgan fingerprint density at radius 2 is 1.88 bits per heavy atom. The average Bonchev–Trinajstić information content (AvgIpc) is 2.66. The number of hydrogen-bond donors (Lipinski definition) is 1. The van der Waals surface area contributed by atoms with E-state index in [9.17, 15) is 4.79 Å². The van der Waals surface area contributed by atoms with Crippen molar-refractivity contribution in [3.8, 4) is 0 Å². The van der Waals surface area contributed by atoms with E-state index in [0.717, 1.165) is 77.7 Å². The molecule has 0 amide bonds. The fourth-order valence-corrected chi connectivity index (χ4v) is 3.40. The minimum absolute atomic E-state index is 0. The Bertz CT molecular complexity index is 423. The molecule has 0 spiro atoms. The number of rotatable bonds is 7. The van der Waals surface area contributed by atoms with Crippen LogP contribution in [0, 0.1) is 5.92 Å². The molecule has 0 aromatic heterocycles. The molecule has 0 saturated carbocycles. The number of ether oxygens (including phenoxy) is 2. The first-order valence-electron chi connectivity index (χ1n) is 9.67. The van der Waals surface area contributed by atoms with Gasteiger partial charge in [0.1, 0.15) is 0 Å². The van der Waals surface area contributed by atoms with Crippen LogP contribution in [0.3, 0.4) is 0 Å². The summed E-state index contributed by atoms with van der Waals surface area (Å²) in [6, 6.07) is 0. The lowest BCUT2D eigenvalue weighted by Crippen LogP contribution is -2.47.